The molecule has 0 bridgehead atoms. The Morgan fingerprint density at radius 2 is 1.83 bits per heavy atom. The lowest BCUT2D eigenvalue weighted by Gasteiger charge is -2.07. The van der Waals surface area contributed by atoms with Gasteiger partial charge in [0.05, 0.1) is 10.8 Å². The number of hydrogen-bond donors (Lipinski definition) is 2. The summed E-state index contributed by atoms with van der Waals surface area (Å²) < 4.78 is 18.7. The van der Waals surface area contributed by atoms with Crippen molar-refractivity contribution in [3.8, 4) is 5.75 Å². The molecular formula is C18H13Cl2FN4O3S2. The predicted octanol–water partition coefficient (Wildman–Crippen LogP) is 4.73. The molecule has 0 radical (unpaired) electrons. The summed E-state index contributed by atoms with van der Waals surface area (Å²) in [7, 11) is 0. The molecule has 2 amide bonds. The Balaban J connectivity index is 1.43. The van der Waals surface area contributed by atoms with Crippen LogP contribution in [0.1, 0.15) is 0 Å². The van der Waals surface area contributed by atoms with Gasteiger partial charge in [-0.2, -0.15) is 0 Å². The summed E-state index contributed by atoms with van der Waals surface area (Å²) in [6, 6.07) is 10.1. The summed E-state index contributed by atoms with van der Waals surface area (Å²) in [6.07, 6.45) is 0. The Hall–Kier alpha value is -2.40. The summed E-state index contributed by atoms with van der Waals surface area (Å²) in [5.41, 5.74) is 0.494. The molecule has 0 unspecified atom stereocenters. The van der Waals surface area contributed by atoms with Gasteiger partial charge in [0.2, 0.25) is 11.0 Å². The SMILES string of the molecule is O=C(CSc1nnc(NC(=O)COc2ccc(Cl)cc2Cl)s1)Nc1ccc(F)cc1. The van der Waals surface area contributed by atoms with Gasteiger partial charge in [0.25, 0.3) is 5.91 Å². The minimum absolute atomic E-state index is 0.0815. The lowest BCUT2D eigenvalue weighted by molar-refractivity contribution is -0.118. The summed E-state index contributed by atoms with van der Waals surface area (Å²) in [6.45, 7) is -0.274. The Morgan fingerprint density at radius 1 is 1.07 bits per heavy atom. The van der Waals surface area contributed by atoms with E-state index in [9.17, 15) is 14.0 Å². The minimum Gasteiger partial charge on any atom is -0.482 e. The number of rotatable bonds is 8. The fourth-order valence-electron chi connectivity index (χ4n) is 2.07. The molecule has 1 heterocycles. The second-order valence-electron chi connectivity index (χ2n) is 5.63. The standard InChI is InChI=1S/C18H13Cl2FN4O3S2/c19-10-1-6-14(13(20)7-10)28-8-15(26)23-17-24-25-18(30-17)29-9-16(27)22-12-4-2-11(21)3-5-12/h1-7H,8-9H2,(H,22,27)(H,23,24,26). The van der Waals surface area contributed by atoms with E-state index in [1.54, 1.807) is 12.1 Å². The van der Waals surface area contributed by atoms with Gasteiger partial charge in [-0.1, -0.05) is 46.3 Å². The van der Waals surface area contributed by atoms with Crippen molar-refractivity contribution in [1.29, 1.82) is 0 Å². The minimum atomic E-state index is -0.442. The highest BCUT2D eigenvalue weighted by Gasteiger charge is 2.12. The first-order chi connectivity index (χ1) is 14.4. The molecule has 3 aromatic rings. The van der Waals surface area contributed by atoms with E-state index >= 15 is 0 Å². The monoisotopic (exact) mass is 486 g/mol. The number of carbonyl (C=O) groups is 2. The Kier molecular flexibility index (Phi) is 7.86. The molecule has 2 N–H and O–H groups in total. The van der Waals surface area contributed by atoms with Gasteiger partial charge in [-0.15, -0.1) is 10.2 Å². The van der Waals surface area contributed by atoms with E-state index in [2.05, 4.69) is 20.8 Å². The highest BCUT2D eigenvalue weighted by Crippen LogP contribution is 2.28. The third-order valence-corrected chi connectivity index (χ3v) is 5.86. The topological polar surface area (TPSA) is 93.2 Å². The van der Waals surface area contributed by atoms with Crippen LogP contribution < -0.4 is 15.4 Å². The van der Waals surface area contributed by atoms with Crippen LogP contribution in [0.2, 0.25) is 10.0 Å². The number of nitrogens with one attached hydrogen (secondary N) is 2. The van der Waals surface area contributed by atoms with E-state index < -0.39 is 5.91 Å². The third kappa shape index (κ3) is 6.84. The summed E-state index contributed by atoms with van der Waals surface area (Å²) in [5, 5.41) is 14.0. The van der Waals surface area contributed by atoms with Gasteiger partial charge in [-0.05, 0) is 42.5 Å². The number of hydrogen-bond acceptors (Lipinski definition) is 7. The average molecular weight is 487 g/mol. The lowest BCUT2D eigenvalue weighted by Crippen LogP contribution is -2.20. The van der Waals surface area contributed by atoms with Crippen LogP contribution in [0, 0.1) is 5.82 Å². The van der Waals surface area contributed by atoms with Crippen LogP contribution in [0.25, 0.3) is 0 Å². The number of thioether (sulfide) groups is 1. The molecule has 1 aromatic heterocycles. The molecule has 0 atom stereocenters. The van der Waals surface area contributed by atoms with E-state index in [0.29, 0.717) is 25.8 Å². The number of carbonyl (C=O) groups excluding carboxylic acids is 2. The number of anilines is 2. The summed E-state index contributed by atoms with van der Waals surface area (Å²) in [4.78, 5) is 24.0. The molecule has 156 valence electrons. The van der Waals surface area contributed by atoms with Crippen LogP contribution in [0.5, 0.6) is 5.75 Å². The molecule has 0 saturated carbocycles. The van der Waals surface area contributed by atoms with Crippen LogP contribution in [0.15, 0.2) is 46.8 Å². The Bertz CT molecular complexity index is 1050. The van der Waals surface area contributed by atoms with Crippen molar-refractivity contribution >= 4 is 68.9 Å². The second-order valence-corrected chi connectivity index (χ2v) is 8.67. The van der Waals surface area contributed by atoms with Gasteiger partial charge in [-0.3, -0.25) is 14.9 Å². The van der Waals surface area contributed by atoms with Crippen molar-refractivity contribution in [3.63, 3.8) is 0 Å². The quantitative estimate of drug-likeness (QED) is 0.353. The Morgan fingerprint density at radius 3 is 2.57 bits per heavy atom. The van der Waals surface area contributed by atoms with Crippen LogP contribution in [-0.4, -0.2) is 34.4 Å². The number of amides is 2. The van der Waals surface area contributed by atoms with Crippen molar-refractivity contribution in [3.05, 3.63) is 58.3 Å². The third-order valence-electron chi connectivity index (χ3n) is 3.36. The smallest absolute Gasteiger partial charge is 0.264 e. The number of halogens is 3. The summed E-state index contributed by atoms with van der Waals surface area (Å²) >= 11 is 14.1. The molecule has 3 rings (SSSR count). The maximum atomic E-state index is 12.9. The number of ether oxygens (including phenoxy) is 1. The van der Waals surface area contributed by atoms with Gasteiger partial charge in [0.15, 0.2) is 10.9 Å². The number of nitrogens with zero attached hydrogens (tertiary/aromatic N) is 2. The van der Waals surface area contributed by atoms with Crippen LogP contribution in [0.3, 0.4) is 0 Å². The zero-order valence-electron chi connectivity index (χ0n) is 15.0. The maximum absolute atomic E-state index is 12.9. The molecule has 7 nitrogen and oxygen atoms in total. The molecule has 30 heavy (non-hydrogen) atoms. The van der Waals surface area contributed by atoms with Crippen LogP contribution >= 0.6 is 46.3 Å². The Labute approximate surface area is 188 Å². The molecule has 2 aromatic carbocycles. The molecule has 0 saturated heterocycles. The summed E-state index contributed by atoms with van der Waals surface area (Å²) in [5.74, 6) is -0.689. The van der Waals surface area contributed by atoms with E-state index in [4.69, 9.17) is 27.9 Å². The zero-order chi connectivity index (χ0) is 21.5. The average Bonchev–Trinajstić information content (AvgIpc) is 3.15. The molecule has 12 heteroatoms. The van der Waals surface area contributed by atoms with Gasteiger partial charge < -0.3 is 10.1 Å². The molecule has 0 fully saturated rings. The molecular weight excluding hydrogens is 474 g/mol. The fourth-order valence-corrected chi connectivity index (χ4v) is 4.10. The first-order valence-corrected chi connectivity index (χ1v) is 10.8. The van der Waals surface area contributed by atoms with E-state index in [-0.39, 0.29) is 29.2 Å². The molecule has 0 aliphatic carbocycles. The zero-order valence-corrected chi connectivity index (χ0v) is 18.2. The molecule has 0 aliphatic heterocycles. The normalized spacial score (nSPS) is 10.5. The van der Waals surface area contributed by atoms with Crippen molar-refractivity contribution in [2.45, 2.75) is 4.34 Å². The largest absolute Gasteiger partial charge is 0.482 e. The first-order valence-electron chi connectivity index (χ1n) is 8.28. The highest BCUT2D eigenvalue weighted by molar-refractivity contribution is 8.01. The fraction of sp³-hybridized carbons (Fsp3) is 0.111. The van der Waals surface area contributed by atoms with Gasteiger partial charge in [0, 0.05) is 10.7 Å². The van der Waals surface area contributed by atoms with Gasteiger partial charge >= 0.3 is 0 Å². The lowest BCUT2D eigenvalue weighted by atomic mass is 10.3. The second kappa shape index (κ2) is 10.6. The van der Waals surface area contributed by atoms with Crippen molar-refractivity contribution in [2.75, 3.05) is 23.0 Å². The number of benzene rings is 2. The van der Waals surface area contributed by atoms with Crippen LogP contribution in [-0.2, 0) is 9.59 Å². The van der Waals surface area contributed by atoms with E-state index in [1.807, 2.05) is 0 Å². The predicted molar refractivity (Wildman–Crippen MR) is 116 cm³/mol. The molecule has 0 spiro atoms. The van der Waals surface area contributed by atoms with Crippen molar-refractivity contribution < 1.29 is 18.7 Å². The van der Waals surface area contributed by atoms with Crippen molar-refractivity contribution in [2.24, 2.45) is 0 Å². The van der Waals surface area contributed by atoms with E-state index in [0.717, 1.165) is 23.1 Å². The van der Waals surface area contributed by atoms with Gasteiger partial charge in [0.1, 0.15) is 11.6 Å². The molecule has 0 aliphatic rings. The number of aromatic nitrogens is 2. The first kappa shape index (κ1) is 22.3. The van der Waals surface area contributed by atoms with E-state index in [1.165, 1.54) is 30.3 Å². The maximum Gasteiger partial charge on any atom is 0.264 e. The highest BCUT2D eigenvalue weighted by atomic mass is 35.5. The van der Waals surface area contributed by atoms with Gasteiger partial charge in [-0.25, -0.2) is 4.39 Å². The van der Waals surface area contributed by atoms with Crippen LogP contribution in [0.4, 0.5) is 15.2 Å². The van der Waals surface area contributed by atoms with Crippen molar-refractivity contribution in [1.82, 2.24) is 10.2 Å².